The minimum atomic E-state index is -1.05. The van der Waals surface area contributed by atoms with Crippen LogP contribution in [0.1, 0.15) is 21.5 Å². The van der Waals surface area contributed by atoms with Gasteiger partial charge in [-0.3, -0.25) is 0 Å². The zero-order valence-corrected chi connectivity index (χ0v) is 12.1. The maximum Gasteiger partial charge on any atom is 0.335 e. The monoisotopic (exact) mass is 300 g/mol. The van der Waals surface area contributed by atoms with E-state index in [1.54, 1.807) is 6.07 Å². The molecule has 0 spiro atoms. The van der Waals surface area contributed by atoms with Gasteiger partial charge in [0.05, 0.1) is 16.8 Å². The molecule has 106 valence electrons. The first-order chi connectivity index (χ1) is 10.0. The molecule has 1 N–H and O–H groups in total. The van der Waals surface area contributed by atoms with Crippen LogP contribution in [0.2, 0.25) is 5.02 Å². The molecule has 2 aromatic rings. The van der Waals surface area contributed by atoms with E-state index in [0.29, 0.717) is 22.8 Å². The van der Waals surface area contributed by atoms with E-state index in [-0.39, 0.29) is 5.56 Å². The number of aromatic carboxylic acids is 1. The van der Waals surface area contributed by atoms with Crippen molar-refractivity contribution in [2.24, 2.45) is 0 Å². The van der Waals surface area contributed by atoms with E-state index >= 15 is 0 Å². The molecule has 4 nitrogen and oxygen atoms in total. The van der Waals surface area contributed by atoms with E-state index in [1.165, 1.54) is 12.1 Å². The van der Waals surface area contributed by atoms with E-state index in [0.717, 1.165) is 5.56 Å². The molecular formula is C16H13ClN2O2. The van der Waals surface area contributed by atoms with Gasteiger partial charge in [-0.1, -0.05) is 29.8 Å². The molecule has 0 saturated carbocycles. The lowest BCUT2D eigenvalue weighted by Gasteiger charge is -2.21. The molecule has 0 atom stereocenters. The third kappa shape index (κ3) is 3.33. The molecular weight excluding hydrogens is 288 g/mol. The van der Waals surface area contributed by atoms with Crippen molar-refractivity contribution in [3.8, 4) is 6.07 Å². The number of halogens is 1. The van der Waals surface area contributed by atoms with Gasteiger partial charge in [0.2, 0.25) is 0 Å². The average molecular weight is 301 g/mol. The van der Waals surface area contributed by atoms with Crippen LogP contribution >= 0.6 is 11.6 Å². The van der Waals surface area contributed by atoms with Gasteiger partial charge in [0.25, 0.3) is 0 Å². The van der Waals surface area contributed by atoms with Crippen LogP contribution in [-0.2, 0) is 6.54 Å². The van der Waals surface area contributed by atoms with Crippen molar-refractivity contribution >= 4 is 23.3 Å². The SMILES string of the molecule is CN(Cc1ccccc1Cl)c1ccc(C(=O)O)cc1C#N. The number of rotatable bonds is 4. The van der Waals surface area contributed by atoms with Crippen LogP contribution in [0.25, 0.3) is 0 Å². The number of carboxylic acid groups (broad SMARTS) is 1. The molecule has 0 aliphatic rings. The molecule has 2 aromatic carbocycles. The highest BCUT2D eigenvalue weighted by Crippen LogP contribution is 2.24. The summed E-state index contributed by atoms with van der Waals surface area (Å²) in [6.07, 6.45) is 0. The summed E-state index contributed by atoms with van der Waals surface area (Å²) in [4.78, 5) is 12.8. The third-order valence-electron chi connectivity index (χ3n) is 3.14. The maximum absolute atomic E-state index is 10.9. The minimum Gasteiger partial charge on any atom is -0.478 e. The van der Waals surface area contributed by atoms with Gasteiger partial charge in [-0.25, -0.2) is 4.79 Å². The number of anilines is 1. The summed E-state index contributed by atoms with van der Waals surface area (Å²) in [6, 6.07) is 14.0. The van der Waals surface area contributed by atoms with Crippen LogP contribution in [0.15, 0.2) is 42.5 Å². The maximum atomic E-state index is 10.9. The second-order valence-corrected chi connectivity index (χ2v) is 5.00. The number of nitrogens with zero attached hydrogens (tertiary/aromatic N) is 2. The van der Waals surface area contributed by atoms with Crippen molar-refractivity contribution in [2.75, 3.05) is 11.9 Å². The number of hydrogen-bond donors (Lipinski definition) is 1. The summed E-state index contributed by atoms with van der Waals surface area (Å²) in [5.41, 5.74) is 2.03. The summed E-state index contributed by atoms with van der Waals surface area (Å²) in [5.74, 6) is -1.05. The van der Waals surface area contributed by atoms with E-state index in [2.05, 4.69) is 0 Å². The summed E-state index contributed by atoms with van der Waals surface area (Å²) < 4.78 is 0. The van der Waals surface area contributed by atoms with Gasteiger partial charge in [0, 0.05) is 18.6 Å². The normalized spacial score (nSPS) is 9.95. The van der Waals surface area contributed by atoms with E-state index in [4.69, 9.17) is 16.7 Å². The Kier molecular flexibility index (Phi) is 4.46. The first kappa shape index (κ1) is 14.9. The van der Waals surface area contributed by atoms with Crippen LogP contribution in [0.3, 0.4) is 0 Å². The van der Waals surface area contributed by atoms with Crippen molar-refractivity contribution in [3.05, 3.63) is 64.2 Å². The molecule has 0 aliphatic heterocycles. The molecule has 0 unspecified atom stereocenters. The summed E-state index contributed by atoms with van der Waals surface area (Å²) in [6.45, 7) is 0.529. The van der Waals surface area contributed by atoms with Crippen LogP contribution in [0.4, 0.5) is 5.69 Å². The van der Waals surface area contributed by atoms with Crippen molar-refractivity contribution in [1.29, 1.82) is 5.26 Å². The number of carboxylic acids is 1. The summed E-state index contributed by atoms with van der Waals surface area (Å²) in [5, 5.41) is 18.8. The lowest BCUT2D eigenvalue weighted by atomic mass is 10.1. The quantitative estimate of drug-likeness (QED) is 0.938. The molecule has 2 rings (SSSR count). The molecule has 5 heteroatoms. The van der Waals surface area contributed by atoms with Gasteiger partial charge in [-0.2, -0.15) is 5.26 Å². The molecule has 0 heterocycles. The van der Waals surface area contributed by atoms with Crippen molar-refractivity contribution in [3.63, 3.8) is 0 Å². The molecule has 0 amide bonds. The third-order valence-corrected chi connectivity index (χ3v) is 3.51. The Morgan fingerprint density at radius 1 is 1.33 bits per heavy atom. The van der Waals surface area contributed by atoms with Crippen molar-refractivity contribution < 1.29 is 9.90 Å². The molecule has 0 fully saturated rings. The van der Waals surface area contributed by atoms with E-state index < -0.39 is 5.97 Å². The fraction of sp³-hybridized carbons (Fsp3) is 0.125. The Labute approximate surface area is 127 Å². The van der Waals surface area contributed by atoms with Crippen LogP contribution in [-0.4, -0.2) is 18.1 Å². The van der Waals surface area contributed by atoms with Gasteiger partial charge in [0.15, 0.2) is 0 Å². The van der Waals surface area contributed by atoms with Gasteiger partial charge in [0.1, 0.15) is 6.07 Å². The largest absolute Gasteiger partial charge is 0.478 e. The second kappa shape index (κ2) is 6.29. The molecule has 0 aliphatic carbocycles. The fourth-order valence-electron chi connectivity index (χ4n) is 2.06. The molecule has 0 saturated heterocycles. The topological polar surface area (TPSA) is 64.3 Å². The number of benzene rings is 2. The predicted molar refractivity (Wildman–Crippen MR) is 81.7 cm³/mol. The Balaban J connectivity index is 2.31. The average Bonchev–Trinajstić information content (AvgIpc) is 2.48. The molecule has 0 bridgehead atoms. The van der Waals surface area contributed by atoms with E-state index in [9.17, 15) is 10.1 Å². The number of nitriles is 1. The van der Waals surface area contributed by atoms with Gasteiger partial charge in [-0.05, 0) is 29.8 Å². The Hall–Kier alpha value is -2.51. The minimum absolute atomic E-state index is 0.0986. The smallest absolute Gasteiger partial charge is 0.335 e. The lowest BCUT2D eigenvalue weighted by Crippen LogP contribution is -2.18. The predicted octanol–water partition coefficient (Wildman–Crippen LogP) is 3.55. The Morgan fingerprint density at radius 3 is 2.67 bits per heavy atom. The summed E-state index contributed by atoms with van der Waals surface area (Å²) in [7, 11) is 1.83. The van der Waals surface area contributed by atoms with Gasteiger partial charge < -0.3 is 10.0 Å². The van der Waals surface area contributed by atoms with Crippen LogP contribution < -0.4 is 4.90 Å². The fourth-order valence-corrected chi connectivity index (χ4v) is 2.25. The highest BCUT2D eigenvalue weighted by molar-refractivity contribution is 6.31. The molecule has 21 heavy (non-hydrogen) atoms. The zero-order chi connectivity index (χ0) is 15.4. The summed E-state index contributed by atoms with van der Waals surface area (Å²) >= 11 is 6.13. The van der Waals surface area contributed by atoms with Gasteiger partial charge >= 0.3 is 5.97 Å². The first-order valence-electron chi connectivity index (χ1n) is 6.25. The Bertz CT molecular complexity index is 722. The van der Waals surface area contributed by atoms with Crippen LogP contribution in [0.5, 0.6) is 0 Å². The number of hydrogen-bond acceptors (Lipinski definition) is 3. The van der Waals surface area contributed by atoms with Crippen molar-refractivity contribution in [1.82, 2.24) is 0 Å². The zero-order valence-electron chi connectivity index (χ0n) is 11.4. The van der Waals surface area contributed by atoms with Crippen molar-refractivity contribution in [2.45, 2.75) is 6.54 Å². The molecule has 0 aromatic heterocycles. The highest BCUT2D eigenvalue weighted by Gasteiger charge is 2.12. The number of carbonyl (C=O) groups is 1. The highest BCUT2D eigenvalue weighted by atomic mass is 35.5. The van der Waals surface area contributed by atoms with E-state index in [1.807, 2.05) is 42.3 Å². The molecule has 0 radical (unpaired) electrons. The first-order valence-corrected chi connectivity index (χ1v) is 6.62. The second-order valence-electron chi connectivity index (χ2n) is 4.60. The standard InChI is InChI=1S/C16H13ClN2O2/c1-19(10-12-4-2-3-5-14(12)17)15-7-6-11(16(20)21)8-13(15)9-18/h2-8H,10H2,1H3,(H,20,21). The van der Waals surface area contributed by atoms with Crippen LogP contribution in [0, 0.1) is 11.3 Å². The lowest BCUT2D eigenvalue weighted by molar-refractivity contribution is 0.0697. The van der Waals surface area contributed by atoms with Gasteiger partial charge in [-0.15, -0.1) is 0 Å². The Morgan fingerprint density at radius 2 is 2.05 bits per heavy atom.